The highest BCUT2D eigenvalue weighted by atomic mass is 79.9. The maximum Gasteiger partial charge on any atom is 0.185 e. The number of nitrogens with zero attached hydrogens (tertiary/aromatic N) is 1. The van der Waals surface area contributed by atoms with Gasteiger partial charge in [-0.05, 0) is 25.1 Å². The fourth-order valence-electron chi connectivity index (χ4n) is 1.31. The van der Waals surface area contributed by atoms with Crippen LogP contribution < -0.4 is 0 Å². The molecule has 1 nitrogen and oxygen atoms in total. The van der Waals surface area contributed by atoms with Crippen LogP contribution in [0.1, 0.15) is 5.69 Å². The van der Waals surface area contributed by atoms with Crippen LogP contribution in [0.25, 0.3) is 10.9 Å². The average Bonchev–Trinajstić information content (AvgIpc) is 2.12. The normalized spacial score (nSPS) is 10.9. The molecule has 4 heteroatoms. The number of benzene rings is 1. The lowest BCUT2D eigenvalue weighted by molar-refractivity contribution is 0.515. The first-order valence-corrected chi connectivity index (χ1v) is 4.80. The fourth-order valence-corrected chi connectivity index (χ4v) is 1.96. The summed E-state index contributed by atoms with van der Waals surface area (Å²) < 4.78 is 26.9. The number of pyridine rings is 1. The molecule has 2 aromatic rings. The van der Waals surface area contributed by atoms with Gasteiger partial charge in [-0.1, -0.05) is 15.9 Å². The van der Waals surface area contributed by atoms with E-state index < -0.39 is 11.6 Å². The van der Waals surface area contributed by atoms with Gasteiger partial charge in [0.1, 0.15) is 5.52 Å². The quantitative estimate of drug-likeness (QED) is 0.703. The van der Waals surface area contributed by atoms with E-state index in [0.29, 0.717) is 11.1 Å². The molecule has 0 atom stereocenters. The summed E-state index contributed by atoms with van der Waals surface area (Å²) in [5.74, 6) is -1.77. The molecule has 1 heterocycles. The van der Waals surface area contributed by atoms with Crippen LogP contribution in [0.15, 0.2) is 22.7 Å². The second kappa shape index (κ2) is 3.28. The number of fused-ring (bicyclic) bond motifs is 1. The molecule has 0 bridgehead atoms. The Labute approximate surface area is 87.9 Å². The van der Waals surface area contributed by atoms with Crippen molar-refractivity contribution >= 4 is 26.8 Å². The highest BCUT2D eigenvalue weighted by Gasteiger charge is 2.10. The summed E-state index contributed by atoms with van der Waals surface area (Å²) in [5, 5.41) is 0.578. The molecule has 0 aliphatic carbocycles. The van der Waals surface area contributed by atoms with Gasteiger partial charge < -0.3 is 0 Å². The third-order valence-corrected chi connectivity index (χ3v) is 2.61. The number of rotatable bonds is 0. The van der Waals surface area contributed by atoms with Crippen LogP contribution in [0.2, 0.25) is 0 Å². The Morgan fingerprint density at radius 2 is 2.00 bits per heavy atom. The molecule has 1 aromatic heterocycles. The van der Waals surface area contributed by atoms with E-state index in [-0.39, 0.29) is 5.52 Å². The number of hydrogen-bond acceptors (Lipinski definition) is 1. The van der Waals surface area contributed by atoms with Crippen LogP contribution in [-0.4, -0.2) is 4.98 Å². The summed E-state index contributed by atoms with van der Waals surface area (Å²) in [5.41, 5.74) is 0.714. The molecule has 1 aromatic carbocycles. The summed E-state index contributed by atoms with van der Waals surface area (Å²) in [6, 6.07) is 4.36. The van der Waals surface area contributed by atoms with Crippen molar-refractivity contribution in [3.8, 4) is 0 Å². The lowest BCUT2D eigenvalue weighted by Crippen LogP contribution is -1.92. The molecule has 0 aliphatic heterocycles. The lowest BCUT2D eigenvalue weighted by Gasteiger charge is -2.03. The third kappa shape index (κ3) is 1.39. The maximum atomic E-state index is 13.3. The van der Waals surface area contributed by atoms with Crippen molar-refractivity contribution < 1.29 is 8.78 Å². The number of aryl methyl sites for hydroxylation is 1. The van der Waals surface area contributed by atoms with Gasteiger partial charge in [-0.25, -0.2) is 13.8 Å². The molecular weight excluding hydrogens is 252 g/mol. The molecule has 0 saturated carbocycles. The molecule has 0 spiro atoms. The Hall–Kier alpha value is -1.03. The summed E-state index contributed by atoms with van der Waals surface area (Å²) in [4.78, 5) is 3.95. The van der Waals surface area contributed by atoms with Crippen LogP contribution in [-0.2, 0) is 0 Å². The van der Waals surface area contributed by atoms with Gasteiger partial charge in [0.05, 0.1) is 0 Å². The lowest BCUT2D eigenvalue weighted by atomic mass is 10.2. The summed E-state index contributed by atoms with van der Waals surface area (Å²) in [6.07, 6.45) is 0. The SMILES string of the molecule is Cc1cc(Br)c2ccc(F)c(F)c2n1. The maximum absolute atomic E-state index is 13.3. The minimum atomic E-state index is -0.896. The van der Waals surface area contributed by atoms with Crippen molar-refractivity contribution in [3.05, 3.63) is 40.0 Å². The van der Waals surface area contributed by atoms with Crippen molar-refractivity contribution in [1.82, 2.24) is 4.98 Å². The molecular formula is C10H6BrF2N. The van der Waals surface area contributed by atoms with Crippen molar-refractivity contribution in [1.29, 1.82) is 0 Å². The zero-order valence-electron chi connectivity index (χ0n) is 7.31. The van der Waals surface area contributed by atoms with Gasteiger partial charge >= 0.3 is 0 Å². The highest BCUT2D eigenvalue weighted by Crippen LogP contribution is 2.26. The Kier molecular flexibility index (Phi) is 2.23. The summed E-state index contributed by atoms with van der Waals surface area (Å²) >= 11 is 3.28. The summed E-state index contributed by atoms with van der Waals surface area (Å²) in [7, 11) is 0. The van der Waals surface area contributed by atoms with Gasteiger partial charge in [-0.2, -0.15) is 0 Å². The molecule has 2 rings (SSSR count). The van der Waals surface area contributed by atoms with Gasteiger partial charge in [0.15, 0.2) is 11.6 Å². The van der Waals surface area contributed by atoms with Crippen molar-refractivity contribution in [2.24, 2.45) is 0 Å². The van der Waals surface area contributed by atoms with Gasteiger partial charge in [0.2, 0.25) is 0 Å². The van der Waals surface area contributed by atoms with Crippen LogP contribution in [0.3, 0.4) is 0 Å². The standard InChI is InChI=1S/C10H6BrF2N/c1-5-4-7(11)6-2-3-8(12)9(13)10(6)14-5/h2-4H,1H3. The Morgan fingerprint density at radius 1 is 1.29 bits per heavy atom. The molecule has 72 valence electrons. The minimum absolute atomic E-state index is 0.0666. The van der Waals surface area contributed by atoms with E-state index in [1.165, 1.54) is 6.07 Å². The van der Waals surface area contributed by atoms with E-state index in [2.05, 4.69) is 20.9 Å². The minimum Gasteiger partial charge on any atom is -0.250 e. The van der Waals surface area contributed by atoms with E-state index in [4.69, 9.17) is 0 Å². The molecule has 14 heavy (non-hydrogen) atoms. The van der Waals surface area contributed by atoms with Crippen LogP contribution in [0.5, 0.6) is 0 Å². The Morgan fingerprint density at radius 3 is 2.71 bits per heavy atom. The smallest absolute Gasteiger partial charge is 0.185 e. The number of hydrogen-bond donors (Lipinski definition) is 0. The molecule has 0 fully saturated rings. The van der Waals surface area contributed by atoms with Gasteiger partial charge in [-0.15, -0.1) is 0 Å². The van der Waals surface area contributed by atoms with E-state index >= 15 is 0 Å². The second-order valence-electron chi connectivity index (χ2n) is 3.00. The van der Waals surface area contributed by atoms with E-state index in [0.717, 1.165) is 10.5 Å². The molecule has 0 unspecified atom stereocenters. The predicted octanol–water partition coefficient (Wildman–Crippen LogP) is 3.58. The Balaban J connectivity index is 2.95. The molecule has 0 N–H and O–H groups in total. The topological polar surface area (TPSA) is 12.9 Å². The zero-order valence-corrected chi connectivity index (χ0v) is 8.90. The van der Waals surface area contributed by atoms with E-state index in [1.807, 2.05) is 0 Å². The van der Waals surface area contributed by atoms with Crippen molar-refractivity contribution in [2.45, 2.75) is 6.92 Å². The van der Waals surface area contributed by atoms with Gasteiger partial charge in [-0.3, -0.25) is 0 Å². The van der Waals surface area contributed by atoms with Crippen molar-refractivity contribution in [2.75, 3.05) is 0 Å². The fraction of sp³-hybridized carbons (Fsp3) is 0.100. The number of aromatic nitrogens is 1. The van der Waals surface area contributed by atoms with Gasteiger partial charge in [0, 0.05) is 15.6 Å². The molecule has 0 amide bonds. The van der Waals surface area contributed by atoms with Crippen LogP contribution in [0, 0.1) is 18.6 Å². The monoisotopic (exact) mass is 257 g/mol. The highest BCUT2D eigenvalue weighted by molar-refractivity contribution is 9.10. The molecule has 0 aliphatic rings. The molecule has 0 radical (unpaired) electrons. The van der Waals surface area contributed by atoms with Gasteiger partial charge in [0.25, 0.3) is 0 Å². The van der Waals surface area contributed by atoms with E-state index in [1.54, 1.807) is 13.0 Å². The second-order valence-corrected chi connectivity index (χ2v) is 3.86. The zero-order chi connectivity index (χ0) is 10.3. The number of halogens is 3. The van der Waals surface area contributed by atoms with E-state index in [9.17, 15) is 8.78 Å². The predicted molar refractivity (Wildman–Crippen MR) is 54.1 cm³/mol. The Bertz CT molecular complexity index is 511. The van der Waals surface area contributed by atoms with Crippen LogP contribution in [0.4, 0.5) is 8.78 Å². The average molecular weight is 258 g/mol. The summed E-state index contributed by atoms with van der Waals surface area (Å²) in [6.45, 7) is 1.73. The molecule has 0 saturated heterocycles. The largest absolute Gasteiger partial charge is 0.250 e. The first-order chi connectivity index (χ1) is 6.59. The van der Waals surface area contributed by atoms with Crippen molar-refractivity contribution in [3.63, 3.8) is 0 Å². The first-order valence-electron chi connectivity index (χ1n) is 4.00. The third-order valence-electron chi connectivity index (χ3n) is 1.95. The van der Waals surface area contributed by atoms with Crippen LogP contribution >= 0.6 is 15.9 Å². The first kappa shape index (κ1) is 9.52.